The Kier molecular flexibility index (Phi) is 7.16. The standard InChI is InChI=1S/C7H11O.2C4H9.Al/c8-7(5-1-2-5)6-3-4-6;2*1-4(2)3;/h5-7H,1-4H2;2*4H,1H2,2-3H3;/q-1;;;+1. The van der Waals surface area contributed by atoms with E-state index in [0.717, 1.165) is 27.1 Å². The summed E-state index contributed by atoms with van der Waals surface area (Å²) in [5.41, 5.74) is 0. The maximum atomic E-state index is 11.1. The van der Waals surface area contributed by atoms with Crippen molar-refractivity contribution in [2.75, 3.05) is 0 Å². The third-order valence-corrected chi connectivity index (χ3v) is 6.00. The van der Waals surface area contributed by atoms with Crippen molar-refractivity contribution in [3.8, 4) is 0 Å². The van der Waals surface area contributed by atoms with Gasteiger partial charge in [0.1, 0.15) is 0 Å². The Balaban J connectivity index is 0.000000170. The molecule has 0 radical (unpaired) electrons. The molecule has 2 aliphatic carbocycles. The second kappa shape index (κ2) is 7.82. The van der Waals surface area contributed by atoms with Crippen LogP contribution in [0.3, 0.4) is 0 Å². The van der Waals surface area contributed by atoms with Gasteiger partial charge in [-0.1, -0.05) is 37.5 Å². The van der Waals surface area contributed by atoms with E-state index in [0.29, 0.717) is 11.8 Å². The topological polar surface area (TPSA) is 23.1 Å². The zero-order valence-corrected chi connectivity index (χ0v) is 13.3. The molecule has 0 heterocycles. The third-order valence-electron chi connectivity index (χ3n) is 3.45. The molecule has 0 aromatic carbocycles. The third kappa shape index (κ3) is 8.25. The van der Waals surface area contributed by atoms with Crippen molar-refractivity contribution < 1.29 is 5.11 Å². The minimum Gasteiger partial charge on any atom is -0.852 e. The molecular weight excluding hydrogens is 223 g/mol. The summed E-state index contributed by atoms with van der Waals surface area (Å²) in [6.07, 6.45) is 4.75. The van der Waals surface area contributed by atoms with Gasteiger partial charge in [-0.15, -0.1) is 6.10 Å². The molecule has 2 heteroatoms. The Morgan fingerprint density at radius 3 is 1.47 bits per heavy atom. The SMILES string of the molecule is CC(C)[CH2][Al+][CH2]C(C)C.[O-]C(C1CC1)C1CC1. The van der Waals surface area contributed by atoms with Gasteiger partial charge in [-0.05, 0) is 0 Å². The first kappa shape index (κ1) is 15.5. The predicted octanol–water partition coefficient (Wildman–Crippen LogP) is 3.37. The normalized spacial score (nSPS) is 19.3. The molecule has 98 valence electrons. The fraction of sp³-hybridized carbons (Fsp3) is 1.00. The average Bonchev–Trinajstić information content (AvgIpc) is 3.10. The van der Waals surface area contributed by atoms with Crippen LogP contribution in [0.1, 0.15) is 53.4 Å². The van der Waals surface area contributed by atoms with Gasteiger partial charge in [0.15, 0.2) is 0 Å². The largest absolute Gasteiger partial charge is 0.852 e. The molecule has 0 spiro atoms. The van der Waals surface area contributed by atoms with Gasteiger partial charge in [0, 0.05) is 0 Å². The van der Waals surface area contributed by atoms with E-state index in [1.165, 1.54) is 36.2 Å². The molecular formula is C15H29AlO. The summed E-state index contributed by atoms with van der Waals surface area (Å²) in [5, 5.41) is 14.0. The van der Waals surface area contributed by atoms with E-state index in [2.05, 4.69) is 27.7 Å². The molecule has 0 aliphatic heterocycles. The molecule has 2 saturated carbocycles. The minimum atomic E-state index is -0.157. The monoisotopic (exact) mass is 252 g/mol. The summed E-state index contributed by atoms with van der Waals surface area (Å²) in [6, 6.07) is 0. The molecule has 2 fully saturated rings. The van der Waals surface area contributed by atoms with Crippen molar-refractivity contribution in [3.05, 3.63) is 0 Å². The van der Waals surface area contributed by atoms with Gasteiger partial charge >= 0.3 is 65.3 Å². The zero-order chi connectivity index (χ0) is 12.8. The molecule has 17 heavy (non-hydrogen) atoms. The summed E-state index contributed by atoms with van der Waals surface area (Å²) in [6.45, 7) is 9.25. The Labute approximate surface area is 114 Å². The van der Waals surface area contributed by atoms with E-state index < -0.39 is 0 Å². The van der Waals surface area contributed by atoms with Crippen LogP contribution in [0.25, 0.3) is 0 Å². The average molecular weight is 252 g/mol. The van der Waals surface area contributed by atoms with Crippen molar-refractivity contribution >= 4 is 15.2 Å². The van der Waals surface area contributed by atoms with E-state index in [-0.39, 0.29) is 6.10 Å². The number of hydrogen-bond acceptors (Lipinski definition) is 1. The maximum absolute atomic E-state index is 11.1. The molecule has 0 aromatic rings. The van der Waals surface area contributed by atoms with Gasteiger partial charge in [0.2, 0.25) is 0 Å². The van der Waals surface area contributed by atoms with Crippen molar-refractivity contribution in [2.24, 2.45) is 23.7 Å². The van der Waals surface area contributed by atoms with Crippen molar-refractivity contribution in [2.45, 2.75) is 70.0 Å². The number of rotatable bonds is 6. The van der Waals surface area contributed by atoms with Crippen LogP contribution >= 0.6 is 0 Å². The van der Waals surface area contributed by atoms with E-state index in [9.17, 15) is 5.11 Å². The van der Waals surface area contributed by atoms with Crippen LogP contribution in [0.5, 0.6) is 0 Å². The van der Waals surface area contributed by atoms with Gasteiger partial charge in [-0.25, -0.2) is 0 Å². The summed E-state index contributed by atoms with van der Waals surface area (Å²) < 4.78 is 0. The smallest absolute Gasteiger partial charge is 0.0512 e. The van der Waals surface area contributed by atoms with Gasteiger partial charge in [-0.2, -0.15) is 0 Å². The van der Waals surface area contributed by atoms with E-state index in [1.54, 1.807) is 0 Å². The van der Waals surface area contributed by atoms with Crippen LogP contribution in [0.15, 0.2) is 0 Å². The second-order valence-corrected chi connectivity index (χ2v) is 8.21. The molecule has 0 saturated heterocycles. The summed E-state index contributed by atoms with van der Waals surface area (Å²) in [4.78, 5) is 0. The summed E-state index contributed by atoms with van der Waals surface area (Å²) in [5.74, 6) is 3.06. The van der Waals surface area contributed by atoms with E-state index in [4.69, 9.17) is 0 Å². The first-order chi connectivity index (χ1) is 8.00. The maximum Gasteiger partial charge on any atom is -0.0512 e. The first-order valence-corrected chi connectivity index (χ1v) is 9.11. The van der Waals surface area contributed by atoms with Gasteiger partial charge in [0.25, 0.3) is 0 Å². The van der Waals surface area contributed by atoms with E-state index >= 15 is 0 Å². The fourth-order valence-electron chi connectivity index (χ4n) is 2.00. The van der Waals surface area contributed by atoms with Crippen LogP contribution < -0.4 is 5.11 Å². The second-order valence-electron chi connectivity index (χ2n) is 6.69. The predicted molar refractivity (Wildman–Crippen MR) is 74.3 cm³/mol. The van der Waals surface area contributed by atoms with Crippen LogP contribution in [0.4, 0.5) is 0 Å². The van der Waals surface area contributed by atoms with Crippen LogP contribution in [-0.2, 0) is 0 Å². The van der Waals surface area contributed by atoms with Gasteiger partial charge < -0.3 is 5.11 Å². The molecule has 2 rings (SSSR count). The van der Waals surface area contributed by atoms with Crippen molar-refractivity contribution in [1.82, 2.24) is 0 Å². The minimum absolute atomic E-state index is 0.157. The Morgan fingerprint density at radius 1 is 0.882 bits per heavy atom. The number of hydrogen-bond donors (Lipinski definition) is 0. The van der Waals surface area contributed by atoms with Crippen molar-refractivity contribution in [1.29, 1.82) is 0 Å². The molecule has 2 aliphatic rings. The Hall–Kier alpha value is 0.492. The van der Waals surface area contributed by atoms with Crippen LogP contribution in [0, 0.1) is 23.7 Å². The Bertz CT molecular complexity index is 175. The van der Waals surface area contributed by atoms with Crippen molar-refractivity contribution in [3.63, 3.8) is 0 Å². The fourth-order valence-corrected chi connectivity index (χ4v) is 3.52. The molecule has 1 nitrogen and oxygen atoms in total. The first-order valence-electron chi connectivity index (χ1n) is 7.48. The molecule has 0 atom stereocenters. The summed E-state index contributed by atoms with van der Waals surface area (Å²) in [7, 11) is 0. The molecule has 0 N–H and O–H groups in total. The quantitative estimate of drug-likeness (QED) is 0.665. The molecule has 0 amide bonds. The van der Waals surface area contributed by atoms with E-state index in [1.807, 2.05) is 0 Å². The van der Waals surface area contributed by atoms with Crippen LogP contribution in [0.2, 0.25) is 10.6 Å². The molecule has 0 aromatic heterocycles. The van der Waals surface area contributed by atoms with Gasteiger partial charge in [0.05, 0.1) is 0 Å². The zero-order valence-electron chi connectivity index (χ0n) is 12.1. The Morgan fingerprint density at radius 2 is 1.24 bits per heavy atom. The molecule has 0 bridgehead atoms. The van der Waals surface area contributed by atoms with Crippen LogP contribution in [-0.4, -0.2) is 21.3 Å². The molecule has 0 unspecified atom stereocenters. The van der Waals surface area contributed by atoms with Gasteiger partial charge in [-0.3, -0.25) is 0 Å². The summed E-state index contributed by atoms with van der Waals surface area (Å²) >= 11 is 0.755.